The summed E-state index contributed by atoms with van der Waals surface area (Å²) in [4.78, 5) is 14.0. The van der Waals surface area contributed by atoms with Crippen molar-refractivity contribution >= 4 is 5.91 Å². The molecule has 1 aromatic carbocycles. The Balaban J connectivity index is 2.48. The number of likely N-dealkylation sites (N-methyl/N-ethyl adjacent to an activating group) is 1. The average molecular weight is 250 g/mol. The Bertz CT molecular complexity index is 416. The summed E-state index contributed by atoms with van der Waals surface area (Å²) in [6, 6.07) is 5.42. The number of rotatable bonds is 5. The highest BCUT2D eigenvalue weighted by Gasteiger charge is 2.08. The molecule has 1 amide bonds. The van der Waals surface area contributed by atoms with Gasteiger partial charge >= 0.3 is 0 Å². The zero-order valence-corrected chi connectivity index (χ0v) is 11.5. The largest absolute Gasteiger partial charge is 0.508 e. The van der Waals surface area contributed by atoms with Gasteiger partial charge in [0.25, 0.3) is 5.91 Å². The van der Waals surface area contributed by atoms with E-state index < -0.39 is 0 Å². The van der Waals surface area contributed by atoms with Crippen molar-refractivity contribution in [3.05, 3.63) is 29.3 Å². The van der Waals surface area contributed by atoms with Crippen molar-refractivity contribution in [3.63, 3.8) is 0 Å². The number of nitrogens with one attached hydrogen (secondary N) is 1. The first kappa shape index (κ1) is 14.5. The molecule has 0 unspecified atom stereocenters. The molecule has 0 aliphatic carbocycles. The van der Waals surface area contributed by atoms with Crippen LogP contribution in [0.15, 0.2) is 18.2 Å². The molecule has 0 atom stereocenters. The zero-order chi connectivity index (χ0) is 13.7. The van der Waals surface area contributed by atoms with Crippen LogP contribution in [0.5, 0.6) is 5.75 Å². The van der Waals surface area contributed by atoms with Crippen molar-refractivity contribution in [1.29, 1.82) is 0 Å². The molecular weight excluding hydrogens is 228 g/mol. The van der Waals surface area contributed by atoms with E-state index in [1.165, 1.54) is 6.07 Å². The summed E-state index contributed by atoms with van der Waals surface area (Å²) in [5, 5.41) is 12.4. The van der Waals surface area contributed by atoms with Crippen LogP contribution in [0.3, 0.4) is 0 Å². The number of carbonyl (C=O) groups excluding carboxylic acids is 1. The number of aromatic hydroxyl groups is 1. The van der Waals surface area contributed by atoms with E-state index in [2.05, 4.69) is 24.1 Å². The number of carbonyl (C=O) groups is 1. The van der Waals surface area contributed by atoms with Crippen molar-refractivity contribution < 1.29 is 9.90 Å². The Hall–Kier alpha value is -1.55. The Labute approximate surface area is 109 Å². The molecule has 1 aromatic rings. The maximum Gasteiger partial charge on any atom is 0.251 e. The van der Waals surface area contributed by atoms with Crippen LogP contribution in [0, 0.1) is 6.92 Å². The molecule has 0 aliphatic heterocycles. The lowest BCUT2D eigenvalue weighted by atomic mass is 10.1. The number of aryl methyl sites for hydroxylation is 1. The predicted molar refractivity (Wildman–Crippen MR) is 72.9 cm³/mol. The van der Waals surface area contributed by atoms with E-state index in [1.54, 1.807) is 19.1 Å². The molecule has 0 spiro atoms. The number of hydrogen-bond donors (Lipinski definition) is 2. The van der Waals surface area contributed by atoms with Crippen LogP contribution in [0.2, 0.25) is 0 Å². The quantitative estimate of drug-likeness (QED) is 0.837. The molecule has 1 rings (SSSR count). The standard InChI is InChI=1S/C14H22N2O2/c1-10(2)16(4)8-7-15-14(18)12-6-5-11(3)13(17)9-12/h5-6,9-10,17H,7-8H2,1-4H3,(H,15,18). The molecule has 0 saturated heterocycles. The lowest BCUT2D eigenvalue weighted by Crippen LogP contribution is -2.36. The van der Waals surface area contributed by atoms with E-state index >= 15 is 0 Å². The van der Waals surface area contributed by atoms with E-state index in [0.717, 1.165) is 12.1 Å². The predicted octanol–water partition coefficient (Wildman–Crippen LogP) is 1.77. The third kappa shape index (κ3) is 4.04. The Morgan fingerprint density at radius 3 is 2.67 bits per heavy atom. The maximum absolute atomic E-state index is 11.8. The van der Waals surface area contributed by atoms with Gasteiger partial charge in [-0.1, -0.05) is 6.07 Å². The van der Waals surface area contributed by atoms with Crippen LogP contribution >= 0.6 is 0 Å². The highest BCUT2D eigenvalue weighted by atomic mass is 16.3. The number of hydrogen-bond acceptors (Lipinski definition) is 3. The normalized spacial score (nSPS) is 11.0. The molecule has 0 aromatic heterocycles. The maximum atomic E-state index is 11.8. The van der Waals surface area contributed by atoms with Crippen LogP contribution < -0.4 is 5.32 Å². The zero-order valence-electron chi connectivity index (χ0n) is 11.5. The van der Waals surface area contributed by atoms with Gasteiger partial charge in [0, 0.05) is 24.7 Å². The third-order valence-corrected chi connectivity index (χ3v) is 3.10. The molecule has 2 N–H and O–H groups in total. The molecule has 100 valence electrons. The van der Waals surface area contributed by atoms with Crippen LogP contribution in [-0.2, 0) is 0 Å². The van der Waals surface area contributed by atoms with E-state index in [1.807, 2.05) is 7.05 Å². The van der Waals surface area contributed by atoms with Crippen LogP contribution in [0.25, 0.3) is 0 Å². The molecule has 4 nitrogen and oxygen atoms in total. The third-order valence-electron chi connectivity index (χ3n) is 3.10. The van der Waals surface area contributed by atoms with Crippen LogP contribution in [0.4, 0.5) is 0 Å². The number of nitrogens with zero attached hydrogens (tertiary/aromatic N) is 1. The minimum absolute atomic E-state index is 0.151. The van der Waals surface area contributed by atoms with Crippen LogP contribution in [0.1, 0.15) is 29.8 Å². The second-order valence-corrected chi connectivity index (χ2v) is 4.83. The summed E-state index contributed by atoms with van der Waals surface area (Å²) in [5.41, 5.74) is 1.26. The van der Waals surface area contributed by atoms with E-state index in [4.69, 9.17) is 0 Å². The van der Waals surface area contributed by atoms with E-state index in [9.17, 15) is 9.90 Å². The van der Waals surface area contributed by atoms with Gasteiger partial charge in [0.15, 0.2) is 0 Å². The Kier molecular flexibility index (Phi) is 5.16. The Morgan fingerprint density at radius 2 is 2.11 bits per heavy atom. The van der Waals surface area contributed by atoms with E-state index in [-0.39, 0.29) is 11.7 Å². The van der Waals surface area contributed by atoms with Crippen LogP contribution in [-0.4, -0.2) is 42.1 Å². The van der Waals surface area contributed by atoms with Crippen molar-refractivity contribution in [1.82, 2.24) is 10.2 Å². The SMILES string of the molecule is Cc1ccc(C(=O)NCCN(C)C(C)C)cc1O. The molecule has 18 heavy (non-hydrogen) atoms. The van der Waals surface area contributed by atoms with Gasteiger partial charge in [-0.15, -0.1) is 0 Å². The molecule has 0 aliphatic rings. The summed E-state index contributed by atoms with van der Waals surface area (Å²) in [6.45, 7) is 7.43. The van der Waals surface area contributed by atoms with Gasteiger partial charge in [-0.05, 0) is 45.5 Å². The molecule has 0 heterocycles. The second-order valence-electron chi connectivity index (χ2n) is 4.83. The highest BCUT2D eigenvalue weighted by Crippen LogP contribution is 2.17. The van der Waals surface area contributed by atoms with Gasteiger partial charge < -0.3 is 15.3 Å². The molecular formula is C14H22N2O2. The minimum Gasteiger partial charge on any atom is -0.508 e. The van der Waals surface area contributed by atoms with Gasteiger partial charge in [-0.3, -0.25) is 4.79 Å². The number of benzene rings is 1. The summed E-state index contributed by atoms with van der Waals surface area (Å²) in [5.74, 6) is 0.00408. The summed E-state index contributed by atoms with van der Waals surface area (Å²) in [7, 11) is 2.02. The average Bonchev–Trinajstić information content (AvgIpc) is 2.32. The molecule has 4 heteroatoms. The number of phenols is 1. The fourth-order valence-corrected chi connectivity index (χ4v) is 1.46. The monoisotopic (exact) mass is 250 g/mol. The molecule has 0 saturated carbocycles. The van der Waals surface area contributed by atoms with Gasteiger partial charge in [-0.25, -0.2) is 0 Å². The fourth-order valence-electron chi connectivity index (χ4n) is 1.46. The minimum atomic E-state index is -0.151. The van der Waals surface area contributed by atoms with Gasteiger partial charge in [-0.2, -0.15) is 0 Å². The first-order chi connectivity index (χ1) is 8.41. The summed E-state index contributed by atoms with van der Waals surface area (Å²) < 4.78 is 0. The molecule has 0 radical (unpaired) electrons. The Morgan fingerprint density at radius 1 is 1.44 bits per heavy atom. The highest BCUT2D eigenvalue weighted by molar-refractivity contribution is 5.94. The summed E-state index contributed by atoms with van der Waals surface area (Å²) in [6.07, 6.45) is 0. The van der Waals surface area contributed by atoms with Crippen molar-refractivity contribution in [2.45, 2.75) is 26.8 Å². The summed E-state index contributed by atoms with van der Waals surface area (Å²) >= 11 is 0. The lowest BCUT2D eigenvalue weighted by molar-refractivity contribution is 0.0947. The number of phenolic OH excluding ortho intramolecular Hbond substituents is 1. The van der Waals surface area contributed by atoms with Gasteiger partial charge in [0.1, 0.15) is 5.75 Å². The second kappa shape index (κ2) is 6.40. The smallest absolute Gasteiger partial charge is 0.251 e. The van der Waals surface area contributed by atoms with Gasteiger partial charge in [0.2, 0.25) is 0 Å². The topological polar surface area (TPSA) is 52.6 Å². The number of amides is 1. The first-order valence-corrected chi connectivity index (χ1v) is 6.20. The molecule has 0 bridgehead atoms. The van der Waals surface area contributed by atoms with Crippen molar-refractivity contribution in [2.24, 2.45) is 0 Å². The first-order valence-electron chi connectivity index (χ1n) is 6.20. The van der Waals surface area contributed by atoms with Crippen molar-refractivity contribution in [3.8, 4) is 5.75 Å². The van der Waals surface area contributed by atoms with E-state index in [0.29, 0.717) is 18.2 Å². The molecule has 0 fully saturated rings. The van der Waals surface area contributed by atoms with Gasteiger partial charge in [0.05, 0.1) is 0 Å². The lowest BCUT2D eigenvalue weighted by Gasteiger charge is -2.20. The van der Waals surface area contributed by atoms with Crippen molar-refractivity contribution in [2.75, 3.05) is 20.1 Å². The fraction of sp³-hybridized carbons (Fsp3) is 0.500.